The van der Waals surface area contributed by atoms with Gasteiger partial charge in [-0.05, 0) is 62.0 Å². The molecule has 0 amide bonds. The molecule has 3 aromatic rings. The summed E-state index contributed by atoms with van der Waals surface area (Å²) >= 11 is 12.1. The Morgan fingerprint density at radius 3 is 2.24 bits per heavy atom. The van der Waals surface area contributed by atoms with Crippen molar-refractivity contribution in [2.24, 2.45) is 5.92 Å². The minimum absolute atomic E-state index is 0.0642. The molecule has 0 aromatic heterocycles. The van der Waals surface area contributed by atoms with Crippen molar-refractivity contribution in [2.75, 3.05) is 33.1 Å². The van der Waals surface area contributed by atoms with Crippen molar-refractivity contribution in [3.63, 3.8) is 0 Å². The Labute approximate surface area is 229 Å². The molecule has 0 radical (unpaired) electrons. The molecule has 3 aromatic carbocycles. The van der Waals surface area contributed by atoms with Gasteiger partial charge in [0.15, 0.2) is 0 Å². The monoisotopic (exact) mass is 546 g/mol. The van der Waals surface area contributed by atoms with Gasteiger partial charge >= 0.3 is 5.97 Å². The zero-order chi connectivity index (χ0) is 27.6. The zero-order valence-electron chi connectivity index (χ0n) is 22.0. The fourth-order valence-electron chi connectivity index (χ4n) is 4.14. The standard InChI is InChI=1S/C15H25NO2.C14H11Cl2NO2/c1-6-15(17,12(2)11-16(3)4)13-8-7-9-14(10-13)18-5;15-10-5-3-6-11(16)14(10)17-12-7-2-1-4-9(12)8-13(18)19/h7-10,12,17H,6,11H2,1-5H3;1-7,17H,8H2,(H,18,19)/t12-,15-;/m1./s1. The Morgan fingerprint density at radius 1 is 1.05 bits per heavy atom. The predicted molar refractivity (Wildman–Crippen MR) is 152 cm³/mol. The summed E-state index contributed by atoms with van der Waals surface area (Å²) in [6.45, 7) is 4.95. The van der Waals surface area contributed by atoms with Crippen LogP contribution in [0, 0.1) is 5.92 Å². The lowest BCUT2D eigenvalue weighted by atomic mass is 9.80. The van der Waals surface area contributed by atoms with Gasteiger partial charge in [-0.1, -0.05) is 73.4 Å². The third-order valence-electron chi connectivity index (χ3n) is 6.14. The number of carboxylic acids is 1. The SMILES string of the molecule is CC[C@](O)(c1cccc(OC)c1)[C@H](C)CN(C)C.O=C(O)Cc1ccccc1Nc1c(Cl)cccc1Cl. The van der Waals surface area contributed by atoms with Crippen molar-refractivity contribution in [2.45, 2.75) is 32.3 Å². The van der Waals surface area contributed by atoms with Crippen LogP contribution in [0.25, 0.3) is 0 Å². The number of benzene rings is 3. The predicted octanol–water partition coefficient (Wildman–Crippen LogP) is 6.85. The number of para-hydroxylation sites is 2. The highest BCUT2D eigenvalue weighted by molar-refractivity contribution is 6.39. The van der Waals surface area contributed by atoms with E-state index in [1.165, 1.54) is 0 Å². The average molecular weight is 548 g/mol. The lowest BCUT2D eigenvalue weighted by molar-refractivity contribution is -0.136. The number of halogens is 2. The van der Waals surface area contributed by atoms with Gasteiger partial charge in [0.25, 0.3) is 0 Å². The van der Waals surface area contributed by atoms with Crippen LogP contribution < -0.4 is 10.1 Å². The fraction of sp³-hybridized carbons (Fsp3) is 0.345. The van der Waals surface area contributed by atoms with Crippen molar-refractivity contribution in [1.29, 1.82) is 0 Å². The highest BCUT2D eigenvalue weighted by Gasteiger charge is 2.34. The van der Waals surface area contributed by atoms with E-state index in [0.717, 1.165) is 17.9 Å². The van der Waals surface area contributed by atoms with Crippen molar-refractivity contribution < 1.29 is 19.7 Å². The fourth-order valence-corrected chi connectivity index (χ4v) is 4.63. The molecule has 0 unspecified atom stereocenters. The Balaban J connectivity index is 0.000000261. The van der Waals surface area contributed by atoms with Crippen LogP contribution in [0.2, 0.25) is 10.0 Å². The number of carboxylic acid groups (broad SMARTS) is 1. The summed E-state index contributed by atoms with van der Waals surface area (Å²) in [5, 5.41) is 23.9. The number of aliphatic hydroxyl groups is 1. The summed E-state index contributed by atoms with van der Waals surface area (Å²) in [6.07, 6.45) is 0.625. The maximum absolute atomic E-state index is 10.9. The van der Waals surface area contributed by atoms with Gasteiger partial charge in [0.2, 0.25) is 0 Å². The van der Waals surface area contributed by atoms with Crippen LogP contribution in [-0.4, -0.2) is 48.8 Å². The number of hydrogen-bond acceptors (Lipinski definition) is 5. The maximum Gasteiger partial charge on any atom is 0.307 e. The topological polar surface area (TPSA) is 82.0 Å². The number of nitrogens with one attached hydrogen (secondary N) is 1. The molecule has 0 spiro atoms. The first-order valence-corrected chi connectivity index (χ1v) is 12.8. The van der Waals surface area contributed by atoms with Crippen molar-refractivity contribution in [3.05, 3.63) is 87.9 Å². The smallest absolute Gasteiger partial charge is 0.307 e. The Morgan fingerprint density at radius 2 is 1.68 bits per heavy atom. The van der Waals surface area contributed by atoms with Crippen LogP contribution in [0.3, 0.4) is 0 Å². The highest BCUT2D eigenvalue weighted by atomic mass is 35.5. The van der Waals surface area contributed by atoms with Crippen LogP contribution >= 0.6 is 23.2 Å². The molecule has 200 valence electrons. The molecule has 37 heavy (non-hydrogen) atoms. The van der Waals surface area contributed by atoms with Gasteiger partial charge < -0.3 is 25.2 Å². The Hall–Kier alpha value is -2.77. The Kier molecular flexibility index (Phi) is 11.7. The number of aliphatic carboxylic acids is 1. The molecular formula is C29H36Cl2N2O4. The van der Waals surface area contributed by atoms with Gasteiger partial charge in [0, 0.05) is 18.2 Å². The summed E-state index contributed by atoms with van der Waals surface area (Å²) < 4.78 is 5.23. The minimum Gasteiger partial charge on any atom is -0.497 e. The molecule has 8 heteroatoms. The summed E-state index contributed by atoms with van der Waals surface area (Å²) in [6, 6.07) is 20.1. The molecule has 2 atom stereocenters. The molecule has 0 bridgehead atoms. The normalized spacial score (nSPS) is 13.2. The van der Waals surface area contributed by atoms with E-state index in [1.807, 2.05) is 51.4 Å². The van der Waals surface area contributed by atoms with E-state index in [-0.39, 0.29) is 12.3 Å². The summed E-state index contributed by atoms with van der Waals surface area (Å²) in [4.78, 5) is 12.9. The minimum atomic E-state index is -0.889. The number of rotatable bonds is 10. The zero-order valence-corrected chi connectivity index (χ0v) is 23.5. The molecule has 0 saturated heterocycles. The van der Waals surface area contributed by atoms with Gasteiger partial charge in [-0.15, -0.1) is 0 Å². The average Bonchev–Trinajstić information content (AvgIpc) is 2.86. The maximum atomic E-state index is 10.9. The lowest BCUT2D eigenvalue weighted by Crippen LogP contribution is -2.38. The third kappa shape index (κ3) is 8.64. The second-order valence-corrected chi connectivity index (χ2v) is 9.94. The number of carbonyl (C=O) groups is 1. The molecule has 0 fully saturated rings. The molecule has 0 aliphatic carbocycles. The van der Waals surface area contributed by atoms with Gasteiger partial charge in [-0.25, -0.2) is 0 Å². The number of ether oxygens (including phenoxy) is 1. The largest absolute Gasteiger partial charge is 0.497 e. The number of nitrogens with zero attached hydrogens (tertiary/aromatic N) is 1. The summed E-state index contributed by atoms with van der Waals surface area (Å²) in [5.41, 5.74) is 2.05. The first kappa shape index (κ1) is 30.5. The number of anilines is 2. The summed E-state index contributed by atoms with van der Waals surface area (Å²) in [5.74, 6) is 0.0561. The van der Waals surface area contributed by atoms with E-state index in [4.69, 9.17) is 33.0 Å². The van der Waals surface area contributed by atoms with E-state index < -0.39 is 11.6 Å². The van der Waals surface area contributed by atoms with Crippen LogP contribution in [0.1, 0.15) is 31.4 Å². The van der Waals surface area contributed by atoms with E-state index in [9.17, 15) is 9.90 Å². The first-order valence-electron chi connectivity index (χ1n) is 12.0. The van der Waals surface area contributed by atoms with Crippen molar-refractivity contribution in [3.8, 4) is 5.75 Å². The summed E-state index contributed by atoms with van der Waals surface area (Å²) in [7, 11) is 5.70. The van der Waals surface area contributed by atoms with Gasteiger partial charge in [0.1, 0.15) is 5.75 Å². The second-order valence-electron chi connectivity index (χ2n) is 9.12. The van der Waals surface area contributed by atoms with Crippen molar-refractivity contribution in [1.82, 2.24) is 4.90 Å². The molecule has 3 N–H and O–H groups in total. The number of methoxy groups -OCH3 is 1. The molecule has 0 aliphatic heterocycles. The molecule has 3 rings (SSSR count). The van der Waals surface area contributed by atoms with Crippen LogP contribution in [0.4, 0.5) is 11.4 Å². The molecule has 0 aliphatic rings. The molecule has 0 heterocycles. The van der Waals surface area contributed by atoms with Gasteiger partial charge in [-0.3, -0.25) is 4.79 Å². The van der Waals surface area contributed by atoms with E-state index >= 15 is 0 Å². The third-order valence-corrected chi connectivity index (χ3v) is 6.77. The lowest BCUT2D eigenvalue weighted by Gasteiger charge is -2.35. The first-order chi connectivity index (χ1) is 17.5. The highest BCUT2D eigenvalue weighted by Crippen LogP contribution is 2.35. The van der Waals surface area contributed by atoms with Crippen molar-refractivity contribution >= 4 is 40.5 Å². The van der Waals surface area contributed by atoms with Crippen LogP contribution in [0.5, 0.6) is 5.75 Å². The molecule has 6 nitrogen and oxygen atoms in total. The van der Waals surface area contributed by atoms with E-state index in [0.29, 0.717) is 33.4 Å². The quantitative estimate of drug-likeness (QED) is 0.258. The molecular weight excluding hydrogens is 511 g/mol. The molecule has 0 saturated carbocycles. The number of hydrogen-bond donors (Lipinski definition) is 3. The van der Waals surface area contributed by atoms with Crippen LogP contribution in [-0.2, 0) is 16.8 Å². The van der Waals surface area contributed by atoms with E-state index in [2.05, 4.69) is 17.1 Å². The second kappa shape index (κ2) is 14.2. The van der Waals surface area contributed by atoms with E-state index in [1.54, 1.807) is 43.5 Å². The van der Waals surface area contributed by atoms with Gasteiger partial charge in [0.05, 0.1) is 34.9 Å². The van der Waals surface area contributed by atoms with Gasteiger partial charge in [-0.2, -0.15) is 0 Å². The Bertz CT molecular complexity index is 1150. The van der Waals surface area contributed by atoms with Crippen LogP contribution in [0.15, 0.2) is 66.7 Å².